The molecule has 0 saturated carbocycles. The summed E-state index contributed by atoms with van der Waals surface area (Å²) in [6.07, 6.45) is 5.14. The fourth-order valence-corrected chi connectivity index (χ4v) is 6.10. The van der Waals surface area contributed by atoms with Crippen LogP contribution >= 0.6 is 0 Å². The molecule has 1 aromatic carbocycles. The van der Waals surface area contributed by atoms with Crippen LogP contribution in [0.25, 0.3) is 0 Å². The van der Waals surface area contributed by atoms with Gasteiger partial charge in [0.25, 0.3) is 5.91 Å². The van der Waals surface area contributed by atoms with Crippen molar-refractivity contribution in [3.8, 4) is 0 Å². The third-order valence-corrected chi connectivity index (χ3v) is 8.27. The average molecular weight is 444 g/mol. The number of morpholine rings is 1. The maximum absolute atomic E-state index is 13.0. The molecule has 10 heteroatoms. The number of ether oxygens (including phenoxy) is 1. The Balaban J connectivity index is 1.23. The van der Waals surface area contributed by atoms with Crippen LogP contribution in [0.2, 0.25) is 0 Å². The highest BCUT2D eigenvalue weighted by Crippen LogP contribution is 2.33. The van der Waals surface area contributed by atoms with Crippen molar-refractivity contribution in [2.45, 2.75) is 4.90 Å². The number of nitrogens with zero attached hydrogens (tertiary/aromatic N) is 5. The second-order valence-electron chi connectivity index (χ2n) is 8.24. The second kappa shape index (κ2) is 8.18. The normalized spacial score (nSPS) is 24.4. The van der Waals surface area contributed by atoms with E-state index in [0.29, 0.717) is 56.8 Å². The summed E-state index contributed by atoms with van der Waals surface area (Å²) in [4.78, 5) is 25.8. The average Bonchev–Trinajstić information content (AvgIpc) is 3.39. The van der Waals surface area contributed by atoms with Gasteiger partial charge in [0.15, 0.2) is 0 Å². The molecule has 4 heterocycles. The molecule has 3 aliphatic heterocycles. The predicted octanol–water partition coefficient (Wildman–Crippen LogP) is 0.706. The van der Waals surface area contributed by atoms with E-state index in [1.807, 2.05) is 4.90 Å². The predicted molar refractivity (Wildman–Crippen MR) is 113 cm³/mol. The summed E-state index contributed by atoms with van der Waals surface area (Å²) in [5.41, 5.74) is 0.520. The molecule has 3 fully saturated rings. The number of carbonyl (C=O) groups is 1. The molecule has 0 bridgehead atoms. The van der Waals surface area contributed by atoms with Crippen LogP contribution in [-0.2, 0) is 14.8 Å². The molecule has 5 rings (SSSR count). The van der Waals surface area contributed by atoms with Crippen LogP contribution in [-0.4, -0.2) is 86.0 Å². The molecule has 3 saturated heterocycles. The largest absolute Gasteiger partial charge is 0.379 e. The van der Waals surface area contributed by atoms with Gasteiger partial charge in [-0.15, -0.1) is 0 Å². The minimum Gasteiger partial charge on any atom is -0.379 e. The van der Waals surface area contributed by atoms with E-state index in [9.17, 15) is 13.2 Å². The van der Waals surface area contributed by atoms with E-state index < -0.39 is 10.0 Å². The molecule has 1 aromatic heterocycles. The van der Waals surface area contributed by atoms with Gasteiger partial charge in [0.2, 0.25) is 10.0 Å². The second-order valence-corrected chi connectivity index (χ2v) is 10.2. The van der Waals surface area contributed by atoms with Gasteiger partial charge in [-0.2, -0.15) is 4.31 Å². The Labute approximate surface area is 181 Å². The molecule has 0 radical (unpaired) electrons. The highest BCUT2D eigenvalue weighted by Gasteiger charge is 2.42. The molecule has 2 aromatic rings. The van der Waals surface area contributed by atoms with Gasteiger partial charge in [-0.3, -0.25) is 9.78 Å². The van der Waals surface area contributed by atoms with Gasteiger partial charge >= 0.3 is 0 Å². The first kappa shape index (κ1) is 20.3. The van der Waals surface area contributed by atoms with Crippen LogP contribution in [0.3, 0.4) is 0 Å². The molecular formula is C21H25N5O4S. The Morgan fingerprint density at radius 1 is 0.968 bits per heavy atom. The number of fused-ring (bicyclic) bond motifs is 1. The van der Waals surface area contributed by atoms with Gasteiger partial charge in [0.05, 0.1) is 24.3 Å². The minimum absolute atomic E-state index is 0.0456. The van der Waals surface area contributed by atoms with E-state index in [1.165, 1.54) is 16.4 Å². The zero-order chi connectivity index (χ0) is 21.4. The van der Waals surface area contributed by atoms with Crippen molar-refractivity contribution in [2.24, 2.45) is 11.8 Å². The number of hydrogen-bond donors (Lipinski definition) is 0. The highest BCUT2D eigenvalue weighted by molar-refractivity contribution is 7.89. The quantitative estimate of drug-likeness (QED) is 0.687. The Hall–Kier alpha value is -2.56. The van der Waals surface area contributed by atoms with Gasteiger partial charge in [-0.25, -0.2) is 13.4 Å². The lowest BCUT2D eigenvalue weighted by atomic mass is 10.0. The van der Waals surface area contributed by atoms with Crippen LogP contribution in [0, 0.1) is 11.8 Å². The van der Waals surface area contributed by atoms with Crippen LogP contribution in [0.5, 0.6) is 0 Å². The lowest BCUT2D eigenvalue weighted by Gasteiger charge is -2.26. The van der Waals surface area contributed by atoms with Gasteiger partial charge in [-0.05, 0) is 24.3 Å². The standard InChI is InChI=1S/C21H25N5O4S/c27-21(16-1-3-19(4-2-16)31(28,29)26-7-9-30-10-8-26)25-14-17-12-24(13-18(17)15-25)20-11-22-5-6-23-20/h1-6,11,17-18H,7-10,12-15H2. The molecule has 9 nitrogen and oxygen atoms in total. The van der Waals surface area contributed by atoms with Crippen LogP contribution in [0.4, 0.5) is 5.82 Å². The van der Waals surface area contributed by atoms with Crippen LogP contribution < -0.4 is 4.90 Å². The Morgan fingerprint density at radius 2 is 1.65 bits per heavy atom. The van der Waals surface area contributed by atoms with E-state index >= 15 is 0 Å². The van der Waals surface area contributed by atoms with Crippen molar-refractivity contribution in [3.05, 3.63) is 48.4 Å². The number of likely N-dealkylation sites (tertiary alicyclic amines) is 1. The summed E-state index contributed by atoms with van der Waals surface area (Å²) < 4.78 is 32.2. The Bertz CT molecular complexity index is 1030. The van der Waals surface area contributed by atoms with Gasteiger partial charge < -0.3 is 14.5 Å². The third-order valence-electron chi connectivity index (χ3n) is 6.36. The van der Waals surface area contributed by atoms with Crippen molar-refractivity contribution < 1.29 is 17.9 Å². The molecule has 0 aliphatic carbocycles. The lowest BCUT2D eigenvalue weighted by Crippen LogP contribution is -2.40. The highest BCUT2D eigenvalue weighted by atomic mass is 32.2. The maximum Gasteiger partial charge on any atom is 0.253 e. The molecule has 0 N–H and O–H groups in total. The van der Waals surface area contributed by atoms with E-state index in [2.05, 4.69) is 14.9 Å². The Morgan fingerprint density at radius 3 is 2.26 bits per heavy atom. The number of benzene rings is 1. The molecule has 3 aliphatic rings. The summed E-state index contributed by atoms with van der Waals surface area (Å²) in [6, 6.07) is 6.31. The third kappa shape index (κ3) is 3.90. The summed E-state index contributed by atoms with van der Waals surface area (Å²) in [6.45, 7) is 4.65. The number of hydrogen-bond acceptors (Lipinski definition) is 7. The zero-order valence-electron chi connectivity index (χ0n) is 17.1. The number of carbonyl (C=O) groups excluding carboxylic acids is 1. The van der Waals surface area contributed by atoms with Crippen molar-refractivity contribution in [1.29, 1.82) is 0 Å². The molecule has 2 atom stereocenters. The maximum atomic E-state index is 13.0. The van der Waals surface area contributed by atoms with E-state index in [1.54, 1.807) is 30.7 Å². The van der Waals surface area contributed by atoms with E-state index in [-0.39, 0.29) is 10.8 Å². The van der Waals surface area contributed by atoms with Gasteiger partial charge in [0, 0.05) is 69.1 Å². The monoisotopic (exact) mass is 443 g/mol. The number of aromatic nitrogens is 2. The molecular weight excluding hydrogens is 418 g/mol. The first-order chi connectivity index (χ1) is 15.0. The number of anilines is 1. The number of amides is 1. The van der Waals surface area contributed by atoms with Gasteiger partial charge in [0.1, 0.15) is 5.82 Å². The van der Waals surface area contributed by atoms with E-state index in [0.717, 1.165) is 18.9 Å². The smallest absolute Gasteiger partial charge is 0.253 e. The Kier molecular flexibility index (Phi) is 5.37. The molecule has 31 heavy (non-hydrogen) atoms. The fourth-order valence-electron chi connectivity index (χ4n) is 4.69. The first-order valence-corrected chi connectivity index (χ1v) is 11.9. The summed E-state index contributed by atoms with van der Waals surface area (Å²) in [5, 5.41) is 0. The van der Waals surface area contributed by atoms with Crippen LogP contribution in [0.15, 0.2) is 47.8 Å². The van der Waals surface area contributed by atoms with Crippen molar-refractivity contribution in [1.82, 2.24) is 19.2 Å². The fraction of sp³-hybridized carbons (Fsp3) is 0.476. The summed E-state index contributed by atoms with van der Waals surface area (Å²) in [5.74, 6) is 1.65. The lowest BCUT2D eigenvalue weighted by molar-refractivity contribution is 0.0730. The van der Waals surface area contributed by atoms with Gasteiger partial charge in [-0.1, -0.05) is 0 Å². The summed E-state index contributed by atoms with van der Waals surface area (Å²) >= 11 is 0. The van der Waals surface area contributed by atoms with Crippen LogP contribution in [0.1, 0.15) is 10.4 Å². The van der Waals surface area contributed by atoms with Crippen molar-refractivity contribution in [2.75, 3.05) is 57.4 Å². The number of sulfonamides is 1. The van der Waals surface area contributed by atoms with E-state index in [4.69, 9.17) is 4.74 Å². The zero-order valence-corrected chi connectivity index (χ0v) is 17.9. The topological polar surface area (TPSA) is 95.9 Å². The minimum atomic E-state index is -3.56. The first-order valence-electron chi connectivity index (χ1n) is 10.5. The molecule has 2 unspecified atom stereocenters. The molecule has 164 valence electrons. The molecule has 0 spiro atoms. The van der Waals surface area contributed by atoms with Crippen molar-refractivity contribution >= 4 is 21.7 Å². The molecule has 1 amide bonds. The SMILES string of the molecule is O=C(c1ccc(S(=O)(=O)N2CCOCC2)cc1)N1CC2CN(c3cnccn3)CC2C1. The summed E-state index contributed by atoms with van der Waals surface area (Å²) in [7, 11) is -3.56. The number of rotatable bonds is 4. The van der Waals surface area contributed by atoms with Crippen molar-refractivity contribution in [3.63, 3.8) is 0 Å².